The number of likely N-dealkylation sites (N-methyl/N-ethyl adjacent to an activating group) is 1. The number of carbonyl (C=O) groups is 2. The first kappa shape index (κ1) is 13.2. The fraction of sp³-hybridized carbons (Fsp3) is 0.385. The van der Waals surface area contributed by atoms with Crippen molar-refractivity contribution in [3.8, 4) is 0 Å². The van der Waals surface area contributed by atoms with Crippen LogP contribution in [0.4, 0.5) is 0 Å². The minimum atomic E-state index is -1.02. The molecule has 0 heterocycles. The highest BCUT2D eigenvalue weighted by atomic mass is 16.4. The van der Waals surface area contributed by atoms with Crippen LogP contribution < -0.4 is 0 Å². The molecular weight excluding hydrogens is 218 g/mol. The molecule has 4 heteroatoms. The molecule has 1 amide bonds. The van der Waals surface area contributed by atoms with Crippen molar-refractivity contribution >= 4 is 11.9 Å². The Balaban J connectivity index is 3.23. The number of hydrogen-bond donors (Lipinski definition) is 1. The average Bonchev–Trinajstić information content (AvgIpc) is 2.15. The molecule has 0 aromatic heterocycles. The lowest BCUT2D eigenvalue weighted by Gasteiger charge is -2.24. The summed E-state index contributed by atoms with van der Waals surface area (Å²) in [4.78, 5) is 23.8. The quantitative estimate of drug-likeness (QED) is 0.870. The smallest absolute Gasteiger partial charge is 0.331 e. The van der Waals surface area contributed by atoms with Gasteiger partial charge in [0.2, 0.25) is 5.91 Å². The number of nitrogens with zero attached hydrogens (tertiary/aromatic N) is 1. The molecule has 92 valence electrons. The third-order valence-electron chi connectivity index (χ3n) is 2.68. The fourth-order valence-electron chi connectivity index (χ4n) is 1.88. The van der Waals surface area contributed by atoms with Crippen LogP contribution in [0.15, 0.2) is 18.2 Å². The highest BCUT2D eigenvalue weighted by Gasteiger charge is 2.26. The van der Waals surface area contributed by atoms with E-state index in [-0.39, 0.29) is 5.91 Å². The Bertz CT molecular complexity index is 434. The van der Waals surface area contributed by atoms with Crippen LogP contribution in [0.5, 0.6) is 0 Å². The van der Waals surface area contributed by atoms with Crippen LogP contribution in [0.3, 0.4) is 0 Å². The SMILES string of the molecule is CC(=O)N(C)C(C(=O)O)c1cc(C)cc(C)c1. The first-order valence-electron chi connectivity index (χ1n) is 5.37. The van der Waals surface area contributed by atoms with Crippen molar-refractivity contribution < 1.29 is 14.7 Å². The second-order valence-corrected chi connectivity index (χ2v) is 4.29. The molecule has 1 unspecified atom stereocenters. The summed E-state index contributed by atoms with van der Waals surface area (Å²) < 4.78 is 0. The number of amides is 1. The lowest BCUT2D eigenvalue weighted by Crippen LogP contribution is -2.34. The molecule has 1 atom stereocenters. The summed E-state index contributed by atoms with van der Waals surface area (Å²) in [6.45, 7) is 5.17. The van der Waals surface area contributed by atoms with Gasteiger partial charge in [0.25, 0.3) is 0 Å². The third kappa shape index (κ3) is 3.06. The molecule has 0 aliphatic rings. The van der Waals surface area contributed by atoms with Crippen molar-refractivity contribution in [1.82, 2.24) is 4.90 Å². The molecule has 1 aromatic carbocycles. The summed E-state index contributed by atoms with van der Waals surface area (Å²) >= 11 is 0. The van der Waals surface area contributed by atoms with Crippen molar-refractivity contribution in [1.29, 1.82) is 0 Å². The Kier molecular flexibility index (Phi) is 3.89. The van der Waals surface area contributed by atoms with Gasteiger partial charge >= 0.3 is 5.97 Å². The standard InChI is InChI=1S/C13H17NO3/c1-8-5-9(2)7-11(6-8)12(13(16)17)14(4)10(3)15/h5-7,12H,1-4H3,(H,16,17). The average molecular weight is 235 g/mol. The van der Waals surface area contributed by atoms with E-state index >= 15 is 0 Å². The van der Waals surface area contributed by atoms with Crippen LogP contribution >= 0.6 is 0 Å². The molecule has 0 aliphatic carbocycles. The van der Waals surface area contributed by atoms with Gasteiger partial charge in [0, 0.05) is 14.0 Å². The summed E-state index contributed by atoms with van der Waals surface area (Å²) in [6.07, 6.45) is 0. The number of benzene rings is 1. The summed E-state index contributed by atoms with van der Waals surface area (Å²) in [7, 11) is 1.50. The van der Waals surface area contributed by atoms with Gasteiger partial charge in [-0.3, -0.25) is 4.79 Å². The van der Waals surface area contributed by atoms with Crippen LogP contribution in [0.25, 0.3) is 0 Å². The fourth-order valence-corrected chi connectivity index (χ4v) is 1.88. The van der Waals surface area contributed by atoms with Gasteiger partial charge in [0.1, 0.15) is 0 Å². The molecule has 4 nitrogen and oxygen atoms in total. The number of aryl methyl sites for hydroxylation is 2. The van der Waals surface area contributed by atoms with E-state index in [1.165, 1.54) is 18.9 Å². The van der Waals surface area contributed by atoms with Crippen LogP contribution in [0.1, 0.15) is 29.7 Å². The lowest BCUT2D eigenvalue weighted by atomic mass is 10.0. The highest BCUT2D eigenvalue weighted by molar-refractivity contribution is 5.83. The molecule has 1 aromatic rings. The number of hydrogen-bond acceptors (Lipinski definition) is 2. The minimum absolute atomic E-state index is 0.267. The second kappa shape index (κ2) is 4.99. The Morgan fingerprint density at radius 2 is 1.65 bits per heavy atom. The zero-order chi connectivity index (χ0) is 13.2. The van der Waals surface area contributed by atoms with E-state index < -0.39 is 12.0 Å². The van der Waals surface area contributed by atoms with Crippen molar-refractivity contribution in [3.05, 3.63) is 34.9 Å². The zero-order valence-corrected chi connectivity index (χ0v) is 10.5. The summed E-state index contributed by atoms with van der Waals surface area (Å²) in [5.74, 6) is -1.29. The van der Waals surface area contributed by atoms with Gasteiger partial charge < -0.3 is 10.0 Å². The molecule has 17 heavy (non-hydrogen) atoms. The van der Waals surface area contributed by atoms with E-state index in [1.54, 1.807) is 12.1 Å². The molecule has 0 aliphatic heterocycles. The van der Waals surface area contributed by atoms with E-state index in [9.17, 15) is 14.7 Å². The van der Waals surface area contributed by atoms with E-state index in [4.69, 9.17) is 0 Å². The number of rotatable bonds is 3. The number of carboxylic acids is 1. The number of carbonyl (C=O) groups excluding carboxylic acids is 1. The molecule has 0 fully saturated rings. The van der Waals surface area contributed by atoms with Gasteiger partial charge in [-0.1, -0.05) is 29.3 Å². The van der Waals surface area contributed by atoms with E-state index in [1.807, 2.05) is 19.9 Å². The molecule has 0 saturated carbocycles. The number of aliphatic carboxylic acids is 1. The Morgan fingerprint density at radius 3 is 2.00 bits per heavy atom. The van der Waals surface area contributed by atoms with Gasteiger partial charge in [0.15, 0.2) is 6.04 Å². The first-order valence-corrected chi connectivity index (χ1v) is 5.37. The van der Waals surface area contributed by atoms with Crippen molar-refractivity contribution in [2.75, 3.05) is 7.05 Å². The van der Waals surface area contributed by atoms with Gasteiger partial charge in [-0.25, -0.2) is 4.79 Å². The molecule has 0 spiro atoms. The van der Waals surface area contributed by atoms with Gasteiger partial charge in [-0.05, 0) is 19.4 Å². The predicted molar refractivity (Wildman–Crippen MR) is 64.7 cm³/mol. The lowest BCUT2D eigenvalue weighted by molar-refractivity contribution is -0.148. The van der Waals surface area contributed by atoms with Crippen LogP contribution in [0.2, 0.25) is 0 Å². The normalized spacial score (nSPS) is 12.0. The zero-order valence-electron chi connectivity index (χ0n) is 10.5. The largest absolute Gasteiger partial charge is 0.479 e. The van der Waals surface area contributed by atoms with Crippen LogP contribution in [-0.2, 0) is 9.59 Å². The molecule has 0 saturated heterocycles. The maximum Gasteiger partial charge on any atom is 0.331 e. The van der Waals surface area contributed by atoms with E-state index in [0.717, 1.165) is 11.1 Å². The van der Waals surface area contributed by atoms with Crippen molar-refractivity contribution in [2.45, 2.75) is 26.8 Å². The third-order valence-corrected chi connectivity index (χ3v) is 2.68. The number of carboxylic acid groups (broad SMARTS) is 1. The van der Waals surface area contributed by atoms with Crippen LogP contribution in [-0.4, -0.2) is 28.9 Å². The first-order chi connectivity index (χ1) is 7.82. The van der Waals surface area contributed by atoms with E-state index in [0.29, 0.717) is 5.56 Å². The molecular formula is C13H17NO3. The monoisotopic (exact) mass is 235 g/mol. The Hall–Kier alpha value is -1.84. The van der Waals surface area contributed by atoms with Crippen molar-refractivity contribution in [2.24, 2.45) is 0 Å². The Labute approximate surface area is 101 Å². The van der Waals surface area contributed by atoms with Crippen molar-refractivity contribution in [3.63, 3.8) is 0 Å². The second-order valence-electron chi connectivity index (χ2n) is 4.29. The Morgan fingerprint density at radius 1 is 1.18 bits per heavy atom. The summed E-state index contributed by atoms with van der Waals surface area (Å²) in [5, 5.41) is 9.23. The van der Waals surface area contributed by atoms with Gasteiger partial charge in [0.05, 0.1) is 0 Å². The topological polar surface area (TPSA) is 57.6 Å². The van der Waals surface area contributed by atoms with Gasteiger partial charge in [-0.15, -0.1) is 0 Å². The van der Waals surface area contributed by atoms with E-state index in [2.05, 4.69) is 0 Å². The molecule has 1 N–H and O–H groups in total. The maximum atomic E-state index is 11.3. The maximum absolute atomic E-state index is 11.3. The molecule has 0 radical (unpaired) electrons. The summed E-state index contributed by atoms with van der Waals surface area (Å²) in [6, 6.07) is 4.64. The molecule has 0 bridgehead atoms. The summed E-state index contributed by atoms with van der Waals surface area (Å²) in [5.41, 5.74) is 2.61. The predicted octanol–water partition coefficient (Wildman–Crippen LogP) is 1.91. The molecule has 1 rings (SSSR count). The highest BCUT2D eigenvalue weighted by Crippen LogP contribution is 2.22. The minimum Gasteiger partial charge on any atom is -0.479 e. The van der Waals surface area contributed by atoms with Gasteiger partial charge in [-0.2, -0.15) is 0 Å². The van der Waals surface area contributed by atoms with Crippen LogP contribution in [0, 0.1) is 13.8 Å².